The molecule has 134 valence electrons. The third-order valence-corrected chi connectivity index (χ3v) is 3.81. The lowest BCUT2D eigenvalue weighted by atomic mass is 10.1. The van der Waals surface area contributed by atoms with Crippen LogP contribution >= 0.6 is 0 Å². The predicted molar refractivity (Wildman–Crippen MR) is 91.1 cm³/mol. The van der Waals surface area contributed by atoms with Gasteiger partial charge in [0.05, 0.1) is 6.04 Å². The van der Waals surface area contributed by atoms with Crippen molar-refractivity contribution in [1.29, 1.82) is 0 Å². The third-order valence-electron chi connectivity index (χ3n) is 3.81. The fourth-order valence-corrected chi connectivity index (χ4v) is 2.44. The van der Waals surface area contributed by atoms with Crippen LogP contribution in [0.15, 0.2) is 59.2 Å². The molecule has 7 heteroatoms. The van der Waals surface area contributed by atoms with E-state index in [9.17, 15) is 13.6 Å². The molecular formula is C19H17F2N3O2. The Kier molecular flexibility index (Phi) is 5.38. The maximum Gasteiger partial charge on any atom is 0.273 e. The Bertz CT molecular complexity index is 897. The molecular weight excluding hydrogens is 340 g/mol. The summed E-state index contributed by atoms with van der Waals surface area (Å²) in [5, 5.41) is 2.57. The van der Waals surface area contributed by atoms with Gasteiger partial charge in [-0.15, -0.1) is 0 Å². The van der Waals surface area contributed by atoms with Crippen LogP contribution in [-0.4, -0.2) is 10.9 Å². The number of carbonyl (C=O) groups excluding carboxylic acids is 1. The quantitative estimate of drug-likeness (QED) is 0.710. The molecule has 0 aliphatic heterocycles. The average molecular weight is 357 g/mol. The van der Waals surface area contributed by atoms with Gasteiger partial charge in [-0.25, -0.2) is 13.8 Å². The Morgan fingerprint density at radius 1 is 1.12 bits per heavy atom. The number of oxazole rings is 1. The van der Waals surface area contributed by atoms with E-state index in [2.05, 4.69) is 10.3 Å². The van der Waals surface area contributed by atoms with Crippen molar-refractivity contribution in [3.63, 3.8) is 0 Å². The molecule has 0 fully saturated rings. The van der Waals surface area contributed by atoms with Gasteiger partial charge in [0.2, 0.25) is 5.89 Å². The van der Waals surface area contributed by atoms with Gasteiger partial charge >= 0.3 is 0 Å². The molecule has 1 atom stereocenters. The second kappa shape index (κ2) is 7.88. The van der Waals surface area contributed by atoms with E-state index in [-0.39, 0.29) is 18.1 Å². The topological polar surface area (TPSA) is 81.1 Å². The number of benzene rings is 2. The SMILES string of the molecule is NC(Cc1ccccc1)c1nc(C(=O)NCc2ccc(F)c(F)c2)co1. The standard InChI is InChI=1S/C19H17F2N3O2/c20-14-7-6-13(8-15(14)21)10-23-18(25)17-11-26-19(24-17)16(22)9-12-4-2-1-3-5-12/h1-8,11,16H,9-10,22H2,(H,23,25). The normalized spacial score (nSPS) is 12.0. The summed E-state index contributed by atoms with van der Waals surface area (Å²) in [6, 6.07) is 12.6. The first-order chi connectivity index (χ1) is 12.5. The molecule has 0 aliphatic rings. The lowest BCUT2D eigenvalue weighted by Gasteiger charge is -2.07. The fraction of sp³-hybridized carbons (Fsp3) is 0.158. The van der Waals surface area contributed by atoms with Crippen LogP contribution in [0.3, 0.4) is 0 Å². The number of halogens is 2. The summed E-state index contributed by atoms with van der Waals surface area (Å²) < 4.78 is 31.4. The minimum atomic E-state index is -0.965. The largest absolute Gasteiger partial charge is 0.446 e. The van der Waals surface area contributed by atoms with E-state index in [0.29, 0.717) is 12.0 Å². The van der Waals surface area contributed by atoms with Gasteiger partial charge in [0, 0.05) is 6.54 Å². The van der Waals surface area contributed by atoms with Crippen molar-refractivity contribution in [3.8, 4) is 0 Å². The van der Waals surface area contributed by atoms with E-state index >= 15 is 0 Å². The molecule has 5 nitrogen and oxygen atoms in total. The highest BCUT2D eigenvalue weighted by molar-refractivity contribution is 5.91. The molecule has 0 spiro atoms. The molecule has 3 aromatic rings. The molecule has 0 saturated carbocycles. The van der Waals surface area contributed by atoms with Crippen molar-refractivity contribution in [3.05, 3.63) is 89.1 Å². The highest BCUT2D eigenvalue weighted by atomic mass is 19.2. The van der Waals surface area contributed by atoms with E-state index < -0.39 is 23.6 Å². The lowest BCUT2D eigenvalue weighted by Crippen LogP contribution is -2.23. The molecule has 26 heavy (non-hydrogen) atoms. The number of carbonyl (C=O) groups is 1. The van der Waals surface area contributed by atoms with Gasteiger partial charge in [0.25, 0.3) is 5.91 Å². The number of aromatic nitrogens is 1. The second-order valence-corrected chi connectivity index (χ2v) is 5.80. The minimum Gasteiger partial charge on any atom is -0.446 e. The van der Waals surface area contributed by atoms with Gasteiger partial charge in [0.15, 0.2) is 17.3 Å². The molecule has 0 radical (unpaired) electrons. The number of hydrogen-bond donors (Lipinski definition) is 2. The smallest absolute Gasteiger partial charge is 0.273 e. The highest BCUT2D eigenvalue weighted by Crippen LogP contribution is 2.16. The Hall–Kier alpha value is -3.06. The molecule has 2 aromatic carbocycles. The summed E-state index contributed by atoms with van der Waals surface area (Å²) in [6.07, 6.45) is 1.75. The number of nitrogens with zero attached hydrogens (tertiary/aromatic N) is 1. The minimum absolute atomic E-state index is 0.0360. The monoisotopic (exact) mass is 357 g/mol. The Balaban J connectivity index is 1.59. The van der Waals surface area contributed by atoms with Crippen molar-refractivity contribution in [2.45, 2.75) is 19.0 Å². The summed E-state index contributed by atoms with van der Waals surface area (Å²) in [7, 11) is 0. The van der Waals surface area contributed by atoms with Crippen LogP contribution in [0.25, 0.3) is 0 Å². The Labute approximate surface area is 148 Å². The molecule has 3 N–H and O–H groups in total. The Morgan fingerprint density at radius 2 is 1.88 bits per heavy atom. The maximum absolute atomic E-state index is 13.2. The molecule has 3 rings (SSSR count). The maximum atomic E-state index is 13.2. The summed E-state index contributed by atoms with van der Waals surface area (Å²) in [5.74, 6) is -2.13. The number of nitrogens with one attached hydrogen (secondary N) is 1. The van der Waals surface area contributed by atoms with Crippen molar-refractivity contribution in [2.24, 2.45) is 5.73 Å². The van der Waals surface area contributed by atoms with Crippen LogP contribution in [0.5, 0.6) is 0 Å². The van der Waals surface area contributed by atoms with Crippen LogP contribution in [0.4, 0.5) is 8.78 Å². The van der Waals surface area contributed by atoms with Crippen molar-refractivity contribution >= 4 is 5.91 Å². The number of nitrogens with two attached hydrogens (primary N) is 1. The molecule has 1 heterocycles. The van der Waals surface area contributed by atoms with Gasteiger partial charge in [-0.2, -0.15) is 0 Å². The van der Waals surface area contributed by atoms with Crippen LogP contribution in [0.2, 0.25) is 0 Å². The molecule has 0 aliphatic carbocycles. The van der Waals surface area contributed by atoms with E-state index in [0.717, 1.165) is 17.7 Å². The zero-order chi connectivity index (χ0) is 18.5. The zero-order valence-corrected chi connectivity index (χ0v) is 13.8. The summed E-state index contributed by atoms with van der Waals surface area (Å²) in [6.45, 7) is 0.0360. The molecule has 1 unspecified atom stereocenters. The van der Waals surface area contributed by atoms with Gasteiger partial charge < -0.3 is 15.5 Å². The third kappa shape index (κ3) is 4.31. The van der Waals surface area contributed by atoms with Crippen molar-refractivity contribution in [2.75, 3.05) is 0 Å². The van der Waals surface area contributed by atoms with Gasteiger partial charge in [-0.1, -0.05) is 36.4 Å². The van der Waals surface area contributed by atoms with Crippen LogP contribution in [-0.2, 0) is 13.0 Å². The highest BCUT2D eigenvalue weighted by Gasteiger charge is 2.17. The first kappa shape index (κ1) is 17.8. The zero-order valence-electron chi connectivity index (χ0n) is 13.8. The molecule has 0 bridgehead atoms. The van der Waals surface area contributed by atoms with Crippen LogP contribution in [0, 0.1) is 11.6 Å². The van der Waals surface area contributed by atoms with Gasteiger partial charge in [-0.05, 0) is 29.7 Å². The second-order valence-electron chi connectivity index (χ2n) is 5.80. The molecule has 0 saturated heterocycles. The number of rotatable bonds is 6. The predicted octanol–water partition coefficient (Wildman–Crippen LogP) is 3.13. The first-order valence-electron chi connectivity index (χ1n) is 8.00. The van der Waals surface area contributed by atoms with Crippen molar-refractivity contribution in [1.82, 2.24) is 10.3 Å². The molecule has 1 aromatic heterocycles. The Morgan fingerprint density at radius 3 is 2.62 bits per heavy atom. The van der Waals surface area contributed by atoms with E-state index in [1.807, 2.05) is 30.3 Å². The van der Waals surface area contributed by atoms with E-state index in [1.165, 1.54) is 12.3 Å². The fourth-order valence-electron chi connectivity index (χ4n) is 2.44. The van der Waals surface area contributed by atoms with Crippen molar-refractivity contribution < 1.29 is 18.0 Å². The summed E-state index contributed by atoms with van der Waals surface area (Å²) in [5.41, 5.74) is 7.61. The molecule has 1 amide bonds. The van der Waals surface area contributed by atoms with E-state index in [1.54, 1.807) is 0 Å². The number of hydrogen-bond acceptors (Lipinski definition) is 4. The lowest BCUT2D eigenvalue weighted by molar-refractivity contribution is 0.0946. The van der Waals surface area contributed by atoms with E-state index in [4.69, 9.17) is 10.2 Å². The summed E-state index contributed by atoms with van der Waals surface area (Å²) in [4.78, 5) is 16.2. The number of amides is 1. The van der Waals surface area contributed by atoms with Gasteiger partial charge in [-0.3, -0.25) is 4.79 Å². The van der Waals surface area contributed by atoms with Crippen LogP contribution in [0.1, 0.15) is 33.5 Å². The van der Waals surface area contributed by atoms with Gasteiger partial charge in [0.1, 0.15) is 6.26 Å². The van der Waals surface area contributed by atoms with Crippen LogP contribution < -0.4 is 11.1 Å². The first-order valence-corrected chi connectivity index (χ1v) is 8.00. The average Bonchev–Trinajstić information content (AvgIpc) is 3.14. The summed E-state index contributed by atoms with van der Waals surface area (Å²) >= 11 is 0.